The summed E-state index contributed by atoms with van der Waals surface area (Å²) in [5.74, 6) is -0.0142. The molecule has 200 valence electrons. The molecule has 1 N–H and O–H groups in total. The molecular weight excluding hydrogens is 488 g/mol. The summed E-state index contributed by atoms with van der Waals surface area (Å²) in [4.78, 5) is 41.6. The largest absolute Gasteiger partial charge is 0.493 e. The number of amides is 2. The van der Waals surface area contributed by atoms with Gasteiger partial charge >= 0.3 is 0 Å². The van der Waals surface area contributed by atoms with Crippen molar-refractivity contribution < 1.29 is 33.0 Å². The third kappa shape index (κ3) is 5.51. The number of carbonyl (C=O) groups is 3. The number of methoxy groups -OCH3 is 3. The Morgan fingerprint density at radius 2 is 1.63 bits per heavy atom. The summed E-state index contributed by atoms with van der Waals surface area (Å²) in [6.45, 7) is 1.45. The number of benzene rings is 2. The Morgan fingerprint density at radius 3 is 2.18 bits per heavy atom. The van der Waals surface area contributed by atoms with Crippen LogP contribution in [-0.2, 0) is 4.79 Å². The van der Waals surface area contributed by atoms with E-state index >= 15 is 0 Å². The Hall–Kier alpha value is -4.27. The fraction of sp³-hybridized carbons (Fsp3) is 0.345. The van der Waals surface area contributed by atoms with Crippen LogP contribution in [0.25, 0.3) is 0 Å². The van der Waals surface area contributed by atoms with Crippen molar-refractivity contribution in [3.8, 4) is 17.2 Å². The van der Waals surface area contributed by atoms with Crippen molar-refractivity contribution in [1.29, 1.82) is 0 Å². The number of hydrogen-bond donors (Lipinski definition) is 1. The fourth-order valence-electron chi connectivity index (χ4n) is 4.80. The second-order valence-electron chi connectivity index (χ2n) is 9.11. The molecule has 0 bridgehead atoms. The van der Waals surface area contributed by atoms with Crippen molar-refractivity contribution in [3.63, 3.8) is 0 Å². The molecule has 4 rings (SSSR count). The smallest absolute Gasteiger partial charge is 0.294 e. The SMILES string of the molecule is COc1cc([C@@H](C(=O)NC2CCCC2)N(C(=O)c2ccco2)c2cccc(C(C)=O)c2)cc(OC)c1OC. The van der Waals surface area contributed by atoms with Gasteiger partial charge < -0.3 is 23.9 Å². The second kappa shape index (κ2) is 11.9. The number of ether oxygens (including phenoxy) is 3. The number of rotatable bonds is 10. The summed E-state index contributed by atoms with van der Waals surface area (Å²) in [5.41, 5.74) is 1.20. The monoisotopic (exact) mass is 520 g/mol. The Labute approximate surface area is 221 Å². The average Bonchev–Trinajstić information content (AvgIpc) is 3.65. The van der Waals surface area contributed by atoms with Crippen molar-refractivity contribution in [3.05, 3.63) is 71.7 Å². The van der Waals surface area contributed by atoms with Gasteiger partial charge in [0.15, 0.2) is 23.0 Å². The van der Waals surface area contributed by atoms with Crippen molar-refractivity contribution in [1.82, 2.24) is 5.32 Å². The normalized spacial score (nSPS) is 14.0. The number of Topliss-reactive ketones (excluding diaryl/α,β-unsaturated/α-hetero) is 1. The molecular formula is C29H32N2O7. The molecule has 9 heteroatoms. The lowest BCUT2D eigenvalue weighted by atomic mass is 10.00. The molecule has 1 atom stereocenters. The Morgan fingerprint density at radius 1 is 0.947 bits per heavy atom. The highest BCUT2D eigenvalue weighted by Gasteiger charge is 2.37. The molecule has 2 amide bonds. The van der Waals surface area contributed by atoms with E-state index in [0.717, 1.165) is 25.7 Å². The van der Waals surface area contributed by atoms with Gasteiger partial charge in [0, 0.05) is 17.3 Å². The van der Waals surface area contributed by atoms with Crippen LogP contribution < -0.4 is 24.4 Å². The fourth-order valence-corrected chi connectivity index (χ4v) is 4.80. The number of hydrogen-bond acceptors (Lipinski definition) is 7. The third-order valence-corrected chi connectivity index (χ3v) is 6.69. The lowest BCUT2D eigenvalue weighted by molar-refractivity contribution is -0.123. The van der Waals surface area contributed by atoms with Crippen LogP contribution in [0, 0.1) is 0 Å². The third-order valence-electron chi connectivity index (χ3n) is 6.69. The van der Waals surface area contributed by atoms with Gasteiger partial charge in [-0.2, -0.15) is 0 Å². The predicted molar refractivity (Wildman–Crippen MR) is 141 cm³/mol. The zero-order chi connectivity index (χ0) is 27.2. The maximum absolute atomic E-state index is 14.0. The van der Waals surface area contributed by atoms with Crippen molar-refractivity contribution in [2.45, 2.75) is 44.7 Å². The number of ketones is 1. The zero-order valence-electron chi connectivity index (χ0n) is 22.0. The molecule has 9 nitrogen and oxygen atoms in total. The van der Waals surface area contributed by atoms with Crippen molar-refractivity contribution in [2.24, 2.45) is 0 Å². The summed E-state index contributed by atoms with van der Waals surface area (Å²) in [7, 11) is 4.46. The highest BCUT2D eigenvalue weighted by Crippen LogP contribution is 2.42. The highest BCUT2D eigenvalue weighted by molar-refractivity contribution is 6.09. The molecule has 1 saturated carbocycles. The first-order chi connectivity index (χ1) is 18.4. The lowest BCUT2D eigenvalue weighted by Gasteiger charge is -2.32. The first-order valence-corrected chi connectivity index (χ1v) is 12.5. The quantitative estimate of drug-likeness (QED) is 0.377. The Balaban J connectivity index is 1.93. The van der Waals surface area contributed by atoms with Gasteiger partial charge in [0.25, 0.3) is 5.91 Å². The minimum Gasteiger partial charge on any atom is -0.493 e. The van der Waals surface area contributed by atoms with Gasteiger partial charge in [0.1, 0.15) is 6.04 Å². The van der Waals surface area contributed by atoms with Crippen LogP contribution in [0.1, 0.15) is 65.1 Å². The van der Waals surface area contributed by atoms with Crippen LogP contribution in [0.3, 0.4) is 0 Å². The molecule has 0 unspecified atom stereocenters. The van der Waals surface area contributed by atoms with Gasteiger partial charge in [0.2, 0.25) is 11.7 Å². The predicted octanol–water partition coefficient (Wildman–Crippen LogP) is 4.95. The molecule has 0 saturated heterocycles. The topological polar surface area (TPSA) is 107 Å². The van der Waals surface area contributed by atoms with Crippen LogP contribution in [0.5, 0.6) is 17.2 Å². The van der Waals surface area contributed by atoms with E-state index in [9.17, 15) is 14.4 Å². The minimum atomic E-state index is -1.15. The zero-order valence-corrected chi connectivity index (χ0v) is 22.0. The van der Waals surface area contributed by atoms with Crippen LogP contribution in [0.4, 0.5) is 5.69 Å². The van der Waals surface area contributed by atoms with Crippen molar-refractivity contribution >= 4 is 23.3 Å². The molecule has 38 heavy (non-hydrogen) atoms. The Kier molecular flexibility index (Phi) is 8.35. The minimum absolute atomic E-state index is 0.00356. The van der Waals surface area contributed by atoms with E-state index in [-0.39, 0.29) is 23.5 Å². The molecule has 0 aliphatic heterocycles. The molecule has 2 aromatic carbocycles. The van der Waals surface area contributed by atoms with E-state index in [4.69, 9.17) is 18.6 Å². The van der Waals surface area contributed by atoms with E-state index in [1.807, 2.05) is 0 Å². The average molecular weight is 521 g/mol. The summed E-state index contributed by atoms with van der Waals surface area (Å²) in [5, 5.41) is 3.13. The van der Waals surface area contributed by atoms with E-state index in [2.05, 4.69) is 5.32 Å². The molecule has 3 aromatic rings. The lowest BCUT2D eigenvalue weighted by Crippen LogP contribution is -2.46. The van der Waals surface area contributed by atoms with Gasteiger partial charge in [-0.1, -0.05) is 25.0 Å². The summed E-state index contributed by atoms with van der Waals surface area (Å²) in [6, 6.07) is 11.9. The molecule has 1 heterocycles. The second-order valence-corrected chi connectivity index (χ2v) is 9.11. The molecule has 1 aromatic heterocycles. The molecule has 1 fully saturated rings. The van der Waals surface area contributed by atoms with Crippen LogP contribution in [-0.4, -0.2) is 45.0 Å². The maximum Gasteiger partial charge on any atom is 0.294 e. The molecule has 0 radical (unpaired) electrons. The van der Waals surface area contributed by atoms with Crippen LogP contribution in [0.2, 0.25) is 0 Å². The standard InChI is InChI=1S/C29H32N2O7/c1-18(32)19-9-7-12-22(15-19)31(29(34)23-13-8-14-38-23)26(28(33)30-21-10-5-6-11-21)20-16-24(35-2)27(37-4)25(17-20)36-3/h7-9,12-17,21,26H,5-6,10-11H2,1-4H3,(H,30,33)/t26-/m0/s1. The van der Waals surface area contributed by atoms with Gasteiger partial charge in [-0.15, -0.1) is 0 Å². The first kappa shape index (κ1) is 26.8. The van der Waals surface area contributed by atoms with Crippen LogP contribution >= 0.6 is 0 Å². The van der Waals surface area contributed by atoms with E-state index in [1.54, 1.807) is 42.5 Å². The number of nitrogens with zero attached hydrogens (tertiary/aromatic N) is 1. The van der Waals surface area contributed by atoms with E-state index in [0.29, 0.717) is 34.1 Å². The molecule has 0 spiro atoms. The number of carbonyl (C=O) groups excluding carboxylic acids is 3. The van der Waals surface area contributed by atoms with Gasteiger partial charge in [-0.25, -0.2) is 0 Å². The molecule has 1 aliphatic carbocycles. The van der Waals surface area contributed by atoms with Gasteiger partial charge in [0.05, 0.1) is 27.6 Å². The van der Waals surface area contributed by atoms with Crippen LogP contribution in [0.15, 0.2) is 59.2 Å². The first-order valence-electron chi connectivity index (χ1n) is 12.5. The van der Waals surface area contributed by atoms with Crippen molar-refractivity contribution in [2.75, 3.05) is 26.2 Å². The summed E-state index contributed by atoms with van der Waals surface area (Å²) in [6.07, 6.45) is 5.16. The van der Waals surface area contributed by atoms with Gasteiger partial charge in [-0.05, 0) is 61.7 Å². The van der Waals surface area contributed by atoms with E-state index in [1.165, 1.54) is 45.5 Å². The molecule has 1 aliphatic rings. The van der Waals surface area contributed by atoms with Gasteiger partial charge in [-0.3, -0.25) is 19.3 Å². The highest BCUT2D eigenvalue weighted by atomic mass is 16.5. The number of furan rings is 1. The summed E-state index contributed by atoms with van der Waals surface area (Å²) >= 11 is 0. The Bertz CT molecular complexity index is 1270. The maximum atomic E-state index is 14.0. The number of anilines is 1. The van der Waals surface area contributed by atoms with E-state index < -0.39 is 11.9 Å². The summed E-state index contributed by atoms with van der Waals surface area (Å²) < 4.78 is 22.0. The number of nitrogens with one attached hydrogen (secondary N) is 1.